The highest BCUT2D eigenvalue weighted by Crippen LogP contribution is 2.30. The number of carbonyl (C=O) groups excluding carboxylic acids is 1. The molecule has 18 heavy (non-hydrogen) atoms. The summed E-state index contributed by atoms with van der Waals surface area (Å²) in [6.07, 6.45) is 5.36. The van der Waals surface area contributed by atoms with Crippen molar-refractivity contribution in [1.29, 1.82) is 0 Å². The van der Waals surface area contributed by atoms with Gasteiger partial charge in [-0.2, -0.15) is 11.8 Å². The fraction of sp³-hybridized carbons (Fsp3) is 0.923. The summed E-state index contributed by atoms with van der Waals surface area (Å²) in [7, 11) is 0. The lowest BCUT2D eigenvalue weighted by Crippen LogP contribution is -2.47. The molecule has 0 radical (unpaired) electrons. The highest BCUT2D eigenvalue weighted by Gasteiger charge is 2.31. The predicted molar refractivity (Wildman–Crippen MR) is 74.9 cm³/mol. The molecule has 3 atom stereocenters. The Balaban J connectivity index is 1.78. The normalized spacial score (nSPS) is 31.9. The van der Waals surface area contributed by atoms with Crippen molar-refractivity contribution in [3.63, 3.8) is 0 Å². The first-order valence-corrected chi connectivity index (χ1v) is 8.09. The van der Waals surface area contributed by atoms with E-state index in [0.717, 1.165) is 38.0 Å². The van der Waals surface area contributed by atoms with Crippen LogP contribution in [0.2, 0.25) is 0 Å². The maximum absolute atomic E-state index is 12.1. The summed E-state index contributed by atoms with van der Waals surface area (Å²) in [5.74, 6) is 1.16. The zero-order valence-electron chi connectivity index (χ0n) is 11.1. The summed E-state index contributed by atoms with van der Waals surface area (Å²) in [5, 5.41) is 13.1. The molecule has 0 aromatic rings. The number of aliphatic hydroxyl groups excluding tert-OH is 1. The molecule has 5 heteroatoms. The molecule has 2 fully saturated rings. The van der Waals surface area contributed by atoms with Gasteiger partial charge in [0.05, 0.1) is 12.6 Å². The summed E-state index contributed by atoms with van der Waals surface area (Å²) in [4.78, 5) is 13.9. The molecular weight excluding hydrogens is 248 g/mol. The van der Waals surface area contributed by atoms with E-state index in [4.69, 9.17) is 0 Å². The number of carbonyl (C=O) groups is 1. The van der Waals surface area contributed by atoms with E-state index in [1.807, 2.05) is 11.8 Å². The molecule has 1 heterocycles. The first kappa shape index (κ1) is 14.0. The van der Waals surface area contributed by atoms with Gasteiger partial charge in [-0.15, -0.1) is 0 Å². The molecule has 2 amide bonds. The quantitative estimate of drug-likeness (QED) is 0.821. The number of thioether (sulfide) groups is 1. The second-order valence-electron chi connectivity index (χ2n) is 5.21. The highest BCUT2D eigenvalue weighted by molar-refractivity contribution is 7.99. The summed E-state index contributed by atoms with van der Waals surface area (Å²) in [6, 6.07) is 0.396. The van der Waals surface area contributed by atoms with Gasteiger partial charge in [0.1, 0.15) is 0 Å². The van der Waals surface area contributed by atoms with Crippen LogP contribution >= 0.6 is 11.8 Å². The second kappa shape index (κ2) is 6.66. The van der Waals surface area contributed by atoms with E-state index in [1.54, 1.807) is 4.90 Å². The number of likely N-dealkylation sites (tertiary alicyclic amines) is 1. The van der Waals surface area contributed by atoms with Gasteiger partial charge in [-0.1, -0.05) is 6.92 Å². The Morgan fingerprint density at radius 2 is 2.28 bits per heavy atom. The van der Waals surface area contributed by atoms with E-state index >= 15 is 0 Å². The number of amides is 2. The minimum Gasteiger partial charge on any atom is -0.394 e. The zero-order valence-corrected chi connectivity index (χ0v) is 11.9. The Morgan fingerprint density at radius 1 is 1.44 bits per heavy atom. The topological polar surface area (TPSA) is 52.6 Å². The zero-order chi connectivity index (χ0) is 13.0. The number of aliphatic hydroxyl groups is 1. The van der Waals surface area contributed by atoms with Crippen LogP contribution in [0.5, 0.6) is 0 Å². The number of hydrogen-bond donors (Lipinski definition) is 2. The number of urea groups is 1. The molecule has 0 spiro atoms. The maximum Gasteiger partial charge on any atom is 0.317 e. The summed E-state index contributed by atoms with van der Waals surface area (Å²) in [5.41, 5.74) is 0. The predicted octanol–water partition coefficient (Wildman–Crippen LogP) is 1.83. The summed E-state index contributed by atoms with van der Waals surface area (Å²) < 4.78 is 0. The van der Waals surface area contributed by atoms with Crippen molar-refractivity contribution >= 4 is 17.8 Å². The highest BCUT2D eigenvalue weighted by atomic mass is 32.2. The molecule has 0 aromatic heterocycles. The number of nitrogens with one attached hydrogen (secondary N) is 1. The van der Waals surface area contributed by atoms with Crippen LogP contribution in [0.15, 0.2) is 0 Å². The van der Waals surface area contributed by atoms with Crippen LogP contribution in [-0.4, -0.2) is 52.3 Å². The Labute approximate surface area is 113 Å². The number of hydrogen-bond acceptors (Lipinski definition) is 3. The minimum absolute atomic E-state index is 0.0266. The second-order valence-corrected chi connectivity index (χ2v) is 6.79. The maximum atomic E-state index is 12.1. The molecule has 1 saturated carbocycles. The molecule has 2 aliphatic rings. The van der Waals surface area contributed by atoms with Crippen LogP contribution in [0.1, 0.15) is 39.0 Å². The smallest absolute Gasteiger partial charge is 0.317 e. The van der Waals surface area contributed by atoms with Crippen LogP contribution in [0.3, 0.4) is 0 Å². The van der Waals surface area contributed by atoms with E-state index < -0.39 is 0 Å². The van der Waals surface area contributed by atoms with Crippen LogP contribution < -0.4 is 5.32 Å². The van der Waals surface area contributed by atoms with Gasteiger partial charge >= 0.3 is 6.03 Å². The molecule has 0 bridgehead atoms. The largest absolute Gasteiger partial charge is 0.394 e. The third kappa shape index (κ3) is 3.32. The van der Waals surface area contributed by atoms with E-state index in [-0.39, 0.29) is 18.7 Å². The standard InChI is InChI=1S/C13H24N2O2S/c1-2-18-12-6-5-10(8-12)14-13(17)15-7-3-4-11(15)9-16/h10-12,16H,2-9H2,1H3,(H,14,17)/t10-,11-,12+/m1/s1. The van der Waals surface area contributed by atoms with E-state index in [1.165, 1.54) is 6.42 Å². The van der Waals surface area contributed by atoms with Gasteiger partial charge in [0.2, 0.25) is 0 Å². The first-order chi connectivity index (χ1) is 8.74. The van der Waals surface area contributed by atoms with E-state index in [2.05, 4.69) is 12.2 Å². The Kier molecular flexibility index (Phi) is 5.18. The van der Waals surface area contributed by atoms with Crippen molar-refractivity contribution in [2.24, 2.45) is 0 Å². The average Bonchev–Trinajstić information content (AvgIpc) is 2.98. The number of nitrogens with zero attached hydrogens (tertiary/aromatic N) is 1. The van der Waals surface area contributed by atoms with Crippen LogP contribution in [0.25, 0.3) is 0 Å². The van der Waals surface area contributed by atoms with Gasteiger partial charge in [-0.3, -0.25) is 0 Å². The third-order valence-corrected chi connectivity index (χ3v) is 5.20. The molecule has 4 nitrogen and oxygen atoms in total. The van der Waals surface area contributed by atoms with Gasteiger partial charge in [0, 0.05) is 17.8 Å². The molecule has 2 N–H and O–H groups in total. The summed E-state index contributed by atoms with van der Waals surface area (Å²) >= 11 is 2.00. The van der Waals surface area contributed by atoms with Crippen molar-refractivity contribution in [2.45, 2.75) is 56.4 Å². The van der Waals surface area contributed by atoms with Crippen molar-refractivity contribution in [3.05, 3.63) is 0 Å². The molecule has 0 aromatic carbocycles. The van der Waals surface area contributed by atoms with Gasteiger partial charge < -0.3 is 15.3 Å². The monoisotopic (exact) mass is 272 g/mol. The fourth-order valence-corrected chi connectivity index (χ4v) is 4.15. The van der Waals surface area contributed by atoms with Crippen molar-refractivity contribution < 1.29 is 9.90 Å². The molecular formula is C13H24N2O2S. The third-order valence-electron chi connectivity index (χ3n) is 3.96. The lowest BCUT2D eigenvalue weighted by atomic mass is 10.2. The fourth-order valence-electron chi connectivity index (χ4n) is 3.01. The van der Waals surface area contributed by atoms with Crippen LogP contribution in [-0.2, 0) is 0 Å². The van der Waals surface area contributed by atoms with Crippen molar-refractivity contribution in [3.8, 4) is 0 Å². The Morgan fingerprint density at radius 3 is 3.00 bits per heavy atom. The lowest BCUT2D eigenvalue weighted by molar-refractivity contribution is 0.154. The van der Waals surface area contributed by atoms with E-state index in [9.17, 15) is 9.90 Å². The molecule has 1 aliphatic heterocycles. The van der Waals surface area contributed by atoms with E-state index in [0.29, 0.717) is 11.3 Å². The lowest BCUT2D eigenvalue weighted by Gasteiger charge is -2.25. The number of rotatable bonds is 4. The SMILES string of the molecule is CCS[C@H]1CC[C@@H](NC(=O)N2CCC[C@@H]2CO)C1. The molecule has 1 aliphatic carbocycles. The van der Waals surface area contributed by atoms with Crippen molar-refractivity contribution in [2.75, 3.05) is 18.9 Å². The average molecular weight is 272 g/mol. The van der Waals surface area contributed by atoms with Gasteiger partial charge in [0.15, 0.2) is 0 Å². The Hall–Kier alpha value is -0.420. The van der Waals surface area contributed by atoms with Gasteiger partial charge in [0.25, 0.3) is 0 Å². The molecule has 104 valence electrons. The molecule has 1 saturated heterocycles. The summed E-state index contributed by atoms with van der Waals surface area (Å²) in [6.45, 7) is 3.07. The minimum atomic E-state index is 0.0266. The van der Waals surface area contributed by atoms with Gasteiger partial charge in [-0.25, -0.2) is 4.79 Å². The van der Waals surface area contributed by atoms with Crippen LogP contribution in [0, 0.1) is 0 Å². The van der Waals surface area contributed by atoms with Gasteiger partial charge in [-0.05, 0) is 37.9 Å². The van der Waals surface area contributed by atoms with Crippen LogP contribution in [0.4, 0.5) is 4.79 Å². The Bertz CT molecular complexity index is 288. The van der Waals surface area contributed by atoms with Crippen molar-refractivity contribution in [1.82, 2.24) is 10.2 Å². The molecule has 2 rings (SSSR count). The first-order valence-electron chi connectivity index (χ1n) is 7.04. The molecule has 0 unspecified atom stereocenters.